The summed E-state index contributed by atoms with van der Waals surface area (Å²) in [5, 5.41) is 9.65. The molecule has 1 N–H and O–H groups in total. The monoisotopic (exact) mass is 351 g/mol. The molecule has 0 atom stereocenters. The summed E-state index contributed by atoms with van der Waals surface area (Å²) in [5.41, 5.74) is 1.20. The van der Waals surface area contributed by atoms with Crippen molar-refractivity contribution in [1.29, 1.82) is 0 Å². The predicted octanol–water partition coefficient (Wildman–Crippen LogP) is 2.95. The van der Waals surface area contributed by atoms with E-state index in [1.54, 1.807) is 0 Å². The van der Waals surface area contributed by atoms with Gasteiger partial charge in [-0.15, -0.1) is 0 Å². The van der Waals surface area contributed by atoms with E-state index >= 15 is 0 Å². The zero-order valence-electron chi connectivity index (χ0n) is 13.9. The number of piperidine rings is 1. The number of benzene rings is 1. The van der Waals surface area contributed by atoms with E-state index in [1.165, 1.54) is 17.5 Å². The van der Waals surface area contributed by atoms with Crippen LogP contribution in [0.2, 0.25) is 0 Å². The molecule has 2 saturated heterocycles. The van der Waals surface area contributed by atoms with Crippen molar-refractivity contribution in [1.82, 2.24) is 4.31 Å². The summed E-state index contributed by atoms with van der Waals surface area (Å²) in [4.78, 5) is 11.7. The Morgan fingerprint density at radius 3 is 2.54 bits per heavy atom. The van der Waals surface area contributed by atoms with Gasteiger partial charge in [0.2, 0.25) is 0 Å². The number of carboxylic acids is 1. The molecule has 0 unspecified atom stereocenters. The first kappa shape index (κ1) is 17.7. The molecule has 1 aromatic carbocycles. The van der Waals surface area contributed by atoms with Crippen LogP contribution in [-0.4, -0.2) is 52.5 Å². The summed E-state index contributed by atoms with van der Waals surface area (Å²) < 4.78 is 12.8. The van der Waals surface area contributed by atoms with Gasteiger partial charge in [-0.3, -0.25) is 4.79 Å². The molecule has 24 heavy (non-hydrogen) atoms. The van der Waals surface area contributed by atoms with Crippen LogP contribution in [0.4, 0.5) is 0 Å². The lowest BCUT2D eigenvalue weighted by Crippen LogP contribution is -2.45. The zero-order chi connectivity index (χ0) is 16.8. The molecule has 0 bridgehead atoms. The highest BCUT2D eigenvalue weighted by Crippen LogP contribution is 2.39. The minimum atomic E-state index is -0.712. The molecule has 2 aliphatic heterocycles. The van der Waals surface area contributed by atoms with E-state index in [2.05, 4.69) is 16.4 Å². The van der Waals surface area contributed by atoms with Crippen molar-refractivity contribution < 1.29 is 19.4 Å². The van der Waals surface area contributed by atoms with Gasteiger partial charge in [-0.25, -0.2) is 4.31 Å². The highest BCUT2D eigenvalue weighted by molar-refractivity contribution is 7.99. The topological polar surface area (TPSA) is 59.0 Å². The minimum Gasteiger partial charge on any atom is -0.480 e. The van der Waals surface area contributed by atoms with Gasteiger partial charge in [-0.2, -0.15) is 0 Å². The Morgan fingerprint density at radius 2 is 1.92 bits per heavy atom. The van der Waals surface area contributed by atoms with E-state index in [0.29, 0.717) is 32.7 Å². The van der Waals surface area contributed by atoms with Gasteiger partial charge < -0.3 is 14.6 Å². The predicted molar refractivity (Wildman–Crippen MR) is 93.8 cm³/mol. The van der Waals surface area contributed by atoms with E-state index in [4.69, 9.17) is 9.47 Å². The van der Waals surface area contributed by atoms with Gasteiger partial charge in [-0.1, -0.05) is 42.3 Å². The Kier molecular flexibility index (Phi) is 6.16. The van der Waals surface area contributed by atoms with Gasteiger partial charge >= 0.3 is 5.97 Å². The maximum atomic E-state index is 11.7. The fraction of sp³-hybridized carbons (Fsp3) is 0.611. The van der Waals surface area contributed by atoms with Crippen LogP contribution in [0, 0.1) is 0 Å². The van der Waals surface area contributed by atoms with Crippen LogP contribution in [0.5, 0.6) is 0 Å². The standard InChI is InChI=1S/C18H25NO4S/c20-17(21)18(8-12-22-13-9-18)24-19-10-6-16(7-11-19)23-14-15-4-2-1-3-5-15/h1-5,16H,6-14H2,(H,20,21). The van der Waals surface area contributed by atoms with Crippen LogP contribution < -0.4 is 0 Å². The summed E-state index contributed by atoms with van der Waals surface area (Å²) in [6.07, 6.45) is 3.32. The number of hydrogen-bond acceptors (Lipinski definition) is 5. The largest absolute Gasteiger partial charge is 0.480 e. The van der Waals surface area contributed by atoms with Crippen LogP contribution in [0.1, 0.15) is 31.2 Å². The van der Waals surface area contributed by atoms with Crippen LogP contribution in [0.25, 0.3) is 0 Å². The van der Waals surface area contributed by atoms with Crippen molar-refractivity contribution in [2.45, 2.75) is 43.1 Å². The Morgan fingerprint density at radius 1 is 1.25 bits per heavy atom. The van der Waals surface area contributed by atoms with E-state index in [0.717, 1.165) is 25.9 Å². The number of carbonyl (C=O) groups is 1. The molecule has 0 radical (unpaired) electrons. The van der Waals surface area contributed by atoms with Gasteiger partial charge in [0.25, 0.3) is 0 Å². The first-order valence-corrected chi connectivity index (χ1v) is 9.36. The molecule has 3 rings (SSSR count). The van der Waals surface area contributed by atoms with Crippen molar-refractivity contribution in [3.8, 4) is 0 Å². The first-order chi connectivity index (χ1) is 11.7. The summed E-state index contributed by atoms with van der Waals surface area (Å²) in [6, 6.07) is 10.2. The highest BCUT2D eigenvalue weighted by atomic mass is 32.2. The average molecular weight is 351 g/mol. The molecule has 6 heteroatoms. The summed E-state index contributed by atoms with van der Waals surface area (Å²) in [5.74, 6) is -0.710. The molecule has 0 spiro atoms. The van der Waals surface area contributed by atoms with E-state index < -0.39 is 10.7 Å². The number of aliphatic carboxylic acids is 1. The second-order valence-corrected chi connectivity index (χ2v) is 7.91. The molecule has 2 fully saturated rings. The smallest absolute Gasteiger partial charge is 0.321 e. The molecule has 0 amide bonds. The average Bonchev–Trinajstić information content (AvgIpc) is 2.63. The molecule has 0 saturated carbocycles. The lowest BCUT2D eigenvalue weighted by Gasteiger charge is -2.39. The van der Waals surface area contributed by atoms with Crippen LogP contribution in [-0.2, 0) is 20.9 Å². The van der Waals surface area contributed by atoms with Crippen LogP contribution in [0.3, 0.4) is 0 Å². The highest BCUT2D eigenvalue weighted by Gasteiger charge is 2.43. The Labute approximate surface area is 147 Å². The molecular weight excluding hydrogens is 326 g/mol. The lowest BCUT2D eigenvalue weighted by molar-refractivity contribution is -0.142. The first-order valence-electron chi connectivity index (χ1n) is 8.59. The fourth-order valence-corrected chi connectivity index (χ4v) is 4.49. The molecular formula is C18H25NO4S. The number of nitrogens with zero attached hydrogens (tertiary/aromatic N) is 1. The van der Waals surface area contributed by atoms with Gasteiger partial charge in [0.1, 0.15) is 4.75 Å². The van der Waals surface area contributed by atoms with E-state index in [9.17, 15) is 9.90 Å². The molecule has 1 aromatic rings. The Hall–Kier alpha value is -1.08. The number of hydrogen-bond donors (Lipinski definition) is 1. The molecule has 2 aliphatic rings. The van der Waals surface area contributed by atoms with Crippen molar-refractivity contribution in [3.63, 3.8) is 0 Å². The molecule has 5 nitrogen and oxygen atoms in total. The van der Waals surface area contributed by atoms with Gasteiger partial charge in [0, 0.05) is 26.3 Å². The van der Waals surface area contributed by atoms with E-state index in [1.807, 2.05) is 18.2 Å². The third kappa shape index (κ3) is 4.51. The third-order valence-electron chi connectivity index (χ3n) is 4.72. The normalized spacial score (nSPS) is 22.3. The summed E-state index contributed by atoms with van der Waals surface area (Å²) in [6.45, 7) is 3.47. The summed E-state index contributed by atoms with van der Waals surface area (Å²) in [7, 11) is 0. The van der Waals surface area contributed by atoms with Gasteiger partial charge in [0.15, 0.2) is 0 Å². The Balaban J connectivity index is 1.45. The maximum Gasteiger partial charge on any atom is 0.321 e. The second kappa shape index (κ2) is 8.34. The molecule has 2 heterocycles. The second-order valence-electron chi connectivity index (χ2n) is 6.43. The Bertz CT molecular complexity index is 525. The van der Waals surface area contributed by atoms with Crippen LogP contribution in [0.15, 0.2) is 30.3 Å². The molecule has 0 aromatic heterocycles. The number of rotatable bonds is 6. The van der Waals surface area contributed by atoms with Crippen LogP contribution >= 0.6 is 11.9 Å². The van der Waals surface area contributed by atoms with Gasteiger partial charge in [0.05, 0.1) is 12.7 Å². The number of ether oxygens (including phenoxy) is 2. The fourth-order valence-electron chi connectivity index (χ4n) is 3.17. The quantitative estimate of drug-likeness (QED) is 0.795. The molecule has 0 aliphatic carbocycles. The molecule has 132 valence electrons. The SMILES string of the molecule is O=C(O)C1(SN2CCC(OCc3ccccc3)CC2)CCOCC1. The lowest BCUT2D eigenvalue weighted by atomic mass is 9.99. The maximum absolute atomic E-state index is 11.7. The van der Waals surface area contributed by atoms with E-state index in [-0.39, 0.29) is 6.10 Å². The minimum absolute atomic E-state index is 0.262. The van der Waals surface area contributed by atoms with Crippen molar-refractivity contribution in [2.24, 2.45) is 0 Å². The third-order valence-corrected chi connectivity index (χ3v) is 6.28. The van der Waals surface area contributed by atoms with Gasteiger partial charge in [-0.05, 0) is 31.2 Å². The number of carboxylic acid groups (broad SMARTS) is 1. The zero-order valence-corrected chi connectivity index (χ0v) is 14.7. The van der Waals surface area contributed by atoms with Crippen molar-refractivity contribution in [2.75, 3.05) is 26.3 Å². The van der Waals surface area contributed by atoms with Crippen molar-refractivity contribution in [3.05, 3.63) is 35.9 Å². The van der Waals surface area contributed by atoms with Crippen molar-refractivity contribution >= 4 is 17.9 Å². The summed E-state index contributed by atoms with van der Waals surface area (Å²) >= 11 is 1.51.